The molecule has 8 nitrogen and oxygen atoms in total. The van der Waals surface area contributed by atoms with Crippen molar-refractivity contribution in [2.24, 2.45) is 5.92 Å². The summed E-state index contributed by atoms with van der Waals surface area (Å²) < 4.78 is 7.28. The molecule has 6 rings (SSSR count). The van der Waals surface area contributed by atoms with Crippen LogP contribution in [0, 0.1) is 5.92 Å². The number of benzene rings is 1. The highest BCUT2D eigenvalue weighted by Gasteiger charge is 2.35. The van der Waals surface area contributed by atoms with Crippen molar-refractivity contribution < 1.29 is 9.53 Å². The summed E-state index contributed by atoms with van der Waals surface area (Å²) in [6.45, 7) is 2.96. The van der Waals surface area contributed by atoms with Crippen molar-refractivity contribution in [3.8, 4) is 23.0 Å². The molecule has 36 heavy (non-hydrogen) atoms. The van der Waals surface area contributed by atoms with Crippen LogP contribution in [0.1, 0.15) is 58.8 Å². The lowest BCUT2D eigenvalue weighted by molar-refractivity contribution is 0.0739. The van der Waals surface area contributed by atoms with Crippen molar-refractivity contribution in [2.45, 2.75) is 44.4 Å². The second-order valence-corrected chi connectivity index (χ2v) is 10.7. The van der Waals surface area contributed by atoms with E-state index in [2.05, 4.69) is 29.2 Å². The van der Waals surface area contributed by atoms with Crippen LogP contribution < -0.4 is 4.74 Å². The molecule has 0 spiro atoms. The first kappa shape index (κ1) is 23.2. The predicted molar refractivity (Wildman–Crippen MR) is 138 cm³/mol. The van der Waals surface area contributed by atoms with Gasteiger partial charge in [0.1, 0.15) is 5.75 Å². The Hall–Kier alpha value is -3.26. The van der Waals surface area contributed by atoms with E-state index in [0.717, 1.165) is 73.6 Å². The molecule has 188 valence electrons. The normalized spacial score (nSPS) is 19.5. The zero-order valence-corrected chi connectivity index (χ0v) is 21.4. The minimum atomic E-state index is 0.0458. The summed E-state index contributed by atoms with van der Waals surface area (Å²) in [6, 6.07) is 6.19. The third kappa shape index (κ3) is 4.28. The molecule has 1 saturated heterocycles. The van der Waals surface area contributed by atoms with E-state index >= 15 is 0 Å². The Labute approximate surface area is 212 Å². The summed E-state index contributed by atoms with van der Waals surface area (Å²) in [6.07, 6.45) is 10.0. The maximum absolute atomic E-state index is 13.6. The first-order valence-corrected chi connectivity index (χ1v) is 13.1. The van der Waals surface area contributed by atoms with Crippen molar-refractivity contribution in [2.75, 3.05) is 40.8 Å². The highest BCUT2D eigenvalue weighted by Crippen LogP contribution is 2.43. The highest BCUT2D eigenvalue weighted by atomic mass is 16.5. The van der Waals surface area contributed by atoms with E-state index in [4.69, 9.17) is 14.7 Å². The van der Waals surface area contributed by atoms with Gasteiger partial charge in [-0.1, -0.05) is 6.07 Å². The van der Waals surface area contributed by atoms with Crippen LogP contribution in [-0.4, -0.2) is 76.3 Å². The Morgan fingerprint density at radius 1 is 1.17 bits per heavy atom. The molecular formula is C28H34N6O2. The minimum absolute atomic E-state index is 0.0458. The van der Waals surface area contributed by atoms with Crippen molar-refractivity contribution >= 4 is 5.91 Å². The van der Waals surface area contributed by atoms with E-state index < -0.39 is 0 Å². The molecule has 0 N–H and O–H groups in total. The average molecular weight is 487 g/mol. The number of hydrogen-bond acceptors (Lipinski definition) is 6. The SMILES string of the molecule is COc1ccc2c(c1)-c1nc(-n3ncc(C(=O)N(C)CC4CCCN(C)C4)c3C3CC3)ncc1CC2. The van der Waals surface area contributed by atoms with E-state index in [1.807, 2.05) is 28.9 Å². The fourth-order valence-corrected chi connectivity index (χ4v) is 5.84. The van der Waals surface area contributed by atoms with Crippen LogP contribution in [0.2, 0.25) is 0 Å². The zero-order valence-electron chi connectivity index (χ0n) is 21.4. The van der Waals surface area contributed by atoms with Gasteiger partial charge in [-0.05, 0) is 81.3 Å². The van der Waals surface area contributed by atoms with E-state index in [-0.39, 0.29) is 5.91 Å². The third-order valence-electron chi connectivity index (χ3n) is 7.88. The Bertz CT molecular complexity index is 1300. The van der Waals surface area contributed by atoms with Crippen LogP contribution in [0.5, 0.6) is 5.75 Å². The molecule has 1 amide bonds. The molecule has 8 heteroatoms. The van der Waals surface area contributed by atoms with Gasteiger partial charge < -0.3 is 14.5 Å². The van der Waals surface area contributed by atoms with E-state index in [1.165, 1.54) is 18.4 Å². The molecule has 2 aromatic heterocycles. The van der Waals surface area contributed by atoms with Gasteiger partial charge in [-0.3, -0.25) is 4.79 Å². The van der Waals surface area contributed by atoms with Crippen molar-refractivity contribution in [3.63, 3.8) is 0 Å². The van der Waals surface area contributed by atoms with Crippen LogP contribution in [0.3, 0.4) is 0 Å². The molecule has 2 aliphatic carbocycles. The molecule has 0 bridgehead atoms. The lowest BCUT2D eigenvalue weighted by atomic mass is 9.90. The number of ether oxygens (including phenoxy) is 1. The van der Waals surface area contributed by atoms with Crippen molar-refractivity contribution in [1.82, 2.24) is 29.5 Å². The second-order valence-electron chi connectivity index (χ2n) is 10.7. The number of rotatable bonds is 6. The summed E-state index contributed by atoms with van der Waals surface area (Å²) in [5.41, 5.74) is 6.06. The number of carbonyl (C=O) groups excluding carboxylic acids is 1. The van der Waals surface area contributed by atoms with Gasteiger partial charge in [0, 0.05) is 37.8 Å². The van der Waals surface area contributed by atoms with Crippen molar-refractivity contribution in [1.29, 1.82) is 0 Å². The number of aryl methyl sites for hydroxylation is 2. The Morgan fingerprint density at radius 3 is 2.78 bits per heavy atom. The number of piperidine rings is 1. The molecule has 1 atom stereocenters. The van der Waals surface area contributed by atoms with E-state index in [9.17, 15) is 4.79 Å². The minimum Gasteiger partial charge on any atom is -0.497 e. The molecule has 1 aromatic carbocycles. The monoisotopic (exact) mass is 486 g/mol. The zero-order chi connectivity index (χ0) is 24.8. The topological polar surface area (TPSA) is 76.4 Å². The Kier molecular flexibility index (Phi) is 5.99. The summed E-state index contributed by atoms with van der Waals surface area (Å²) in [4.78, 5) is 27.5. The molecule has 1 aliphatic heterocycles. The quantitative estimate of drug-likeness (QED) is 0.529. The van der Waals surface area contributed by atoms with Crippen LogP contribution in [0.4, 0.5) is 0 Å². The lowest BCUT2D eigenvalue weighted by Gasteiger charge is -2.32. The largest absolute Gasteiger partial charge is 0.497 e. The number of hydrogen-bond donors (Lipinski definition) is 0. The summed E-state index contributed by atoms with van der Waals surface area (Å²) >= 11 is 0. The number of nitrogens with zero attached hydrogens (tertiary/aromatic N) is 6. The number of likely N-dealkylation sites (tertiary alicyclic amines) is 1. The summed E-state index contributed by atoms with van der Waals surface area (Å²) in [5, 5.41) is 4.66. The molecule has 3 aromatic rings. The molecule has 3 aliphatic rings. The Morgan fingerprint density at radius 2 is 2.00 bits per heavy atom. The number of fused-ring (bicyclic) bond motifs is 3. The first-order valence-electron chi connectivity index (χ1n) is 13.1. The maximum Gasteiger partial charge on any atom is 0.257 e. The number of amides is 1. The van der Waals surface area contributed by atoms with Gasteiger partial charge in [0.05, 0.1) is 30.3 Å². The molecular weight excluding hydrogens is 452 g/mol. The fraction of sp³-hybridized carbons (Fsp3) is 0.500. The number of methoxy groups -OCH3 is 1. The van der Waals surface area contributed by atoms with E-state index in [0.29, 0.717) is 23.3 Å². The van der Waals surface area contributed by atoms with E-state index in [1.54, 1.807) is 13.3 Å². The molecule has 1 saturated carbocycles. The predicted octanol–water partition coefficient (Wildman–Crippen LogP) is 3.73. The van der Waals surface area contributed by atoms with Crippen LogP contribution >= 0.6 is 0 Å². The fourth-order valence-electron chi connectivity index (χ4n) is 5.84. The van der Waals surface area contributed by atoms with Gasteiger partial charge in [-0.2, -0.15) is 5.10 Å². The molecule has 3 heterocycles. The number of carbonyl (C=O) groups is 1. The van der Waals surface area contributed by atoms with Gasteiger partial charge in [0.25, 0.3) is 11.9 Å². The van der Waals surface area contributed by atoms with Crippen LogP contribution in [0.25, 0.3) is 17.2 Å². The first-order chi connectivity index (χ1) is 17.5. The summed E-state index contributed by atoms with van der Waals surface area (Å²) in [5.74, 6) is 2.23. The third-order valence-corrected chi connectivity index (χ3v) is 7.88. The second kappa shape index (κ2) is 9.32. The van der Waals surface area contributed by atoms with Crippen LogP contribution in [-0.2, 0) is 12.8 Å². The van der Waals surface area contributed by atoms with Gasteiger partial charge in [0.2, 0.25) is 0 Å². The van der Waals surface area contributed by atoms with Gasteiger partial charge in [0.15, 0.2) is 0 Å². The Balaban J connectivity index is 1.32. The van der Waals surface area contributed by atoms with Gasteiger partial charge >= 0.3 is 0 Å². The lowest BCUT2D eigenvalue weighted by Crippen LogP contribution is -2.40. The molecule has 0 radical (unpaired) electrons. The van der Waals surface area contributed by atoms with Crippen LogP contribution in [0.15, 0.2) is 30.6 Å². The standard InChI is InChI=1S/C28H34N6O2/c1-32-12-4-5-18(16-32)17-33(2)27(35)24-15-30-34(26(24)20-7-8-20)28-29-14-21-9-6-19-10-11-22(36-3)13-23(19)25(21)31-28/h10-11,13-15,18,20H,4-9,12,16-17H2,1-3H3. The number of aromatic nitrogens is 4. The summed E-state index contributed by atoms with van der Waals surface area (Å²) in [7, 11) is 5.77. The average Bonchev–Trinajstić information content (AvgIpc) is 3.65. The highest BCUT2D eigenvalue weighted by molar-refractivity contribution is 5.95. The smallest absolute Gasteiger partial charge is 0.257 e. The van der Waals surface area contributed by atoms with Gasteiger partial charge in [-0.25, -0.2) is 14.6 Å². The molecule has 2 fully saturated rings. The van der Waals surface area contributed by atoms with Crippen molar-refractivity contribution in [3.05, 3.63) is 53.0 Å². The maximum atomic E-state index is 13.6. The molecule has 1 unspecified atom stereocenters. The van der Waals surface area contributed by atoms with Gasteiger partial charge in [-0.15, -0.1) is 0 Å².